The second-order valence-corrected chi connectivity index (χ2v) is 8.09. The summed E-state index contributed by atoms with van der Waals surface area (Å²) in [6.45, 7) is 4.85. The molecule has 1 aliphatic rings. The number of nitrogens with zero attached hydrogens (tertiary/aromatic N) is 5. The van der Waals surface area contributed by atoms with Crippen molar-refractivity contribution in [2.45, 2.75) is 26.8 Å². The normalized spacial score (nSPS) is 13.3. The maximum Gasteiger partial charge on any atom is 0.246 e. The molecule has 0 unspecified atom stereocenters. The third kappa shape index (κ3) is 4.18. The van der Waals surface area contributed by atoms with Crippen LogP contribution in [0.15, 0.2) is 36.5 Å². The number of aromatic nitrogens is 3. The first-order valence-corrected chi connectivity index (χ1v) is 10.7. The van der Waals surface area contributed by atoms with Gasteiger partial charge in [-0.1, -0.05) is 41.9 Å². The summed E-state index contributed by atoms with van der Waals surface area (Å²) < 4.78 is 5.53. The quantitative estimate of drug-likeness (QED) is 0.573. The van der Waals surface area contributed by atoms with E-state index >= 15 is 0 Å². The minimum atomic E-state index is -0.0829. The number of anilines is 3. The minimum absolute atomic E-state index is 0.0577. The molecule has 8 nitrogen and oxygen atoms in total. The number of methoxy groups -OCH3 is 1. The van der Waals surface area contributed by atoms with Gasteiger partial charge in [-0.2, -0.15) is 9.97 Å². The predicted octanol–water partition coefficient (Wildman–Crippen LogP) is 3.33. The zero-order valence-electron chi connectivity index (χ0n) is 18.3. The Bertz CT molecular complexity index is 1150. The molecule has 3 aromatic rings. The molecule has 1 aromatic carbocycles. The van der Waals surface area contributed by atoms with Crippen LogP contribution in [0.3, 0.4) is 0 Å². The lowest BCUT2D eigenvalue weighted by atomic mass is 10.1. The molecule has 166 valence electrons. The highest BCUT2D eigenvalue weighted by Crippen LogP contribution is 2.39. The molecule has 0 saturated heterocycles. The third-order valence-electron chi connectivity index (χ3n) is 5.59. The molecule has 9 heteroatoms. The van der Waals surface area contributed by atoms with Crippen molar-refractivity contribution in [1.29, 1.82) is 0 Å². The zero-order chi connectivity index (χ0) is 22.8. The number of nitrogen functional groups attached to an aromatic ring is 1. The second kappa shape index (κ2) is 9.00. The van der Waals surface area contributed by atoms with Crippen LogP contribution >= 0.6 is 11.6 Å². The van der Waals surface area contributed by atoms with E-state index in [-0.39, 0.29) is 23.6 Å². The lowest BCUT2D eigenvalue weighted by Crippen LogP contribution is -2.47. The first-order valence-electron chi connectivity index (χ1n) is 10.3. The van der Waals surface area contributed by atoms with Crippen molar-refractivity contribution in [3.05, 3.63) is 64.1 Å². The van der Waals surface area contributed by atoms with Crippen molar-refractivity contribution in [2.24, 2.45) is 0 Å². The Morgan fingerprint density at radius 1 is 1.19 bits per heavy atom. The van der Waals surface area contributed by atoms with Gasteiger partial charge < -0.3 is 20.3 Å². The molecule has 1 aliphatic heterocycles. The lowest BCUT2D eigenvalue weighted by Gasteiger charge is -2.36. The number of carbonyl (C=O) groups excluding carboxylic acids is 1. The maximum absolute atomic E-state index is 13.2. The number of hydrogen-bond donors (Lipinski definition) is 1. The summed E-state index contributed by atoms with van der Waals surface area (Å²) in [6, 6.07) is 9.98. The molecule has 2 aromatic heterocycles. The van der Waals surface area contributed by atoms with Crippen LogP contribution < -0.4 is 20.3 Å². The Morgan fingerprint density at radius 3 is 2.66 bits per heavy atom. The van der Waals surface area contributed by atoms with Gasteiger partial charge in [-0.05, 0) is 25.8 Å². The van der Waals surface area contributed by atoms with Gasteiger partial charge in [-0.3, -0.25) is 9.78 Å². The van der Waals surface area contributed by atoms with E-state index in [1.807, 2.05) is 49.1 Å². The molecule has 0 saturated carbocycles. The van der Waals surface area contributed by atoms with Crippen LogP contribution in [0.25, 0.3) is 0 Å². The predicted molar refractivity (Wildman–Crippen MR) is 125 cm³/mol. The first kappa shape index (κ1) is 21.8. The fourth-order valence-corrected chi connectivity index (χ4v) is 4.27. The molecule has 4 rings (SSSR count). The van der Waals surface area contributed by atoms with Crippen molar-refractivity contribution >= 4 is 35.0 Å². The van der Waals surface area contributed by atoms with E-state index in [1.165, 1.54) is 0 Å². The molecule has 0 radical (unpaired) electrons. The third-order valence-corrected chi connectivity index (χ3v) is 5.86. The van der Waals surface area contributed by atoms with Gasteiger partial charge in [0.05, 0.1) is 25.9 Å². The molecule has 1 amide bonds. The Hall–Kier alpha value is -3.39. The second-order valence-electron chi connectivity index (χ2n) is 7.73. The van der Waals surface area contributed by atoms with Crippen molar-refractivity contribution in [1.82, 2.24) is 15.0 Å². The monoisotopic (exact) mass is 452 g/mol. The van der Waals surface area contributed by atoms with Crippen LogP contribution in [-0.4, -0.2) is 41.1 Å². The van der Waals surface area contributed by atoms with Crippen LogP contribution in [-0.2, 0) is 17.8 Å². The highest BCUT2D eigenvalue weighted by Gasteiger charge is 2.34. The lowest BCUT2D eigenvalue weighted by molar-refractivity contribution is -0.117. The highest BCUT2D eigenvalue weighted by molar-refractivity contribution is 6.33. The van der Waals surface area contributed by atoms with Gasteiger partial charge in [0.1, 0.15) is 11.4 Å². The van der Waals surface area contributed by atoms with Crippen LogP contribution in [0.1, 0.15) is 22.4 Å². The molecule has 2 N–H and O–H groups in total. The zero-order valence-corrected chi connectivity index (χ0v) is 19.1. The standard InChI is InChI=1S/C23H25ClN6O2/c1-14-11-26-17(15(2)20(14)32-3)12-29-13-18(31)30(10-9-16-7-5-4-6-8-16)19-21(24)27-23(25)28-22(19)29/h4-8,11H,9-10,12-13H2,1-3H3,(H2,25,27,28). The SMILES string of the molecule is COc1c(C)cnc(CN2CC(=O)N(CCc3ccccc3)c3c(Cl)nc(N)nc32)c1C. The maximum atomic E-state index is 13.2. The molecular weight excluding hydrogens is 428 g/mol. The topological polar surface area (TPSA) is 97.5 Å². The van der Waals surface area contributed by atoms with Gasteiger partial charge in [0, 0.05) is 23.9 Å². The summed E-state index contributed by atoms with van der Waals surface area (Å²) >= 11 is 6.47. The molecular formula is C23H25ClN6O2. The van der Waals surface area contributed by atoms with Gasteiger partial charge >= 0.3 is 0 Å². The van der Waals surface area contributed by atoms with Crippen LogP contribution in [0.2, 0.25) is 5.15 Å². The van der Waals surface area contributed by atoms with Crippen molar-refractivity contribution in [3.8, 4) is 5.75 Å². The number of benzene rings is 1. The molecule has 0 atom stereocenters. The number of ether oxygens (including phenoxy) is 1. The largest absolute Gasteiger partial charge is 0.496 e. The number of amides is 1. The molecule has 32 heavy (non-hydrogen) atoms. The van der Waals surface area contributed by atoms with E-state index < -0.39 is 0 Å². The van der Waals surface area contributed by atoms with Gasteiger partial charge in [0.15, 0.2) is 11.0 Å². The number of pyridine rings is 1. The smallest absolute Gasteiger partial charge is 0.246 e. The Kier molecular flexibility index (Phi) is 6.14. The summed E-state index contributed by atoms with van der Waals surface area (Å²) in [5, 5.41) is 0.157. The van der Waals surface area contributed by atoms with Crippen molar-refractivity contribution in [2.75, 3.05) is 35.7 Å². The van der Waals surface area contributed by atoms with Crippen molar-refractivity contribution in [3.63, 3.8) is 0 Å². The Balaban J connectivity index is 1.68. The Labute approximate surface area is 192 Å². The summed E-state index contributed by atoms with van der Waals surface area (Å²) in [5.74, 6) is 1.28. The van der Waals surface area contributed by atoms with Crippen LogP contribution in [0.5, 0.6) is 5.75 Å². The number of hydrogen-bond acceptors (Lipinski definition) is 7. The first-order chi connectivity index (χ1) is 15.4. The fraction of sp³-hybridized carbons (Fsp3) is 0.304. The molecule has 0 bridgehead atoms. The summed E-state index contributed by atoms with van der Waals surface area (Å²) in [7, 11) is 1.64. The Morgan fingerprint density at radius 2 is 1.94 bits per heavy atom. The molecule has 3 heterocycles. The van der Waals surface area contributed by atoms with Gasteiger partial charge in [0.2, 0.25) is 11.9 Å². The molecule has 0 fully saturated rings. The minimum Gasteiger partial charge on any atom is -0.496 e. The van der Waals surface area contributed by atoms with E-state index in [9.17, 15) is 4.79 Å². The number of nitrogens with two attached hydrogens (primary N) is 1. The van der Waals surface area contributed by atoms with Gasteiger partial charge in [0.25, 0.3) is 0 Å². The van der Waals surface area contributed by atoms with Crippen LogP contribution in [0.4, 0.5) is 17.5 Å². The van der Waals surface area contributed by atoms with Gasteiger partial charge in [-0.15, -0.1) is 0 Å². The number of fused-ring (bicyclic) bond motifs is 1. The number of aryl methyl sites for hydroxylation is 1. The average molecular weight is 453 g/mol. The molecule has 0 aliphatic carbocycles. The number of halogens is 1. The van der Waals surface area contributed by atoms with E-state index in [0.717, 1.165) is 28.1 Å². The van der Waals surface area contributed by atoms with Gasteiger partial charge in [-0.25, -0.2) is 0 Å². The number of carbonyl (C=O) groups is 1. The van der Waals surface area contributed by atoms with E-state index in [0.29, 0.717) is 31.0 Å². The van der Waals surface area contributed by atoms with Crippen LogP contribution in [0, 0.1) is 13.8 Å². The van der Waals surface area contributed by atoms with E-state index in [4.69, 9.17) is 22.1 Å². The average Bonchev–Trinajstić information content (AvgIpc) is 2.76. The number of rotatable bonds is 6. The summed E-state index contributed by atoms with van der Waals surface area (Å²) in [6.07, 6.45) is 2.45. The van der Waals surface area contributed by atoms with E-state index in [2.05, 4.69) is 15.0 Å². The fourth-order valence-electron chi connectivity index (χ4n) is 4.00. The highest BCUT2D eigenvalue weighted by atomic mass is 35.5. The molecule has 0 spiro atoms. The summed E-state index contributed by atoms with van der Waals surface area (Å²) in [4.78, 5) is 29.8. The van der Waals surface area contributed by atoms with E-state index in [1.54, 1.807) is 18.2 Å². The van der Waals surface area contributed by atoms with Crippen molar-refractivity contribution < 1.29 is 9.53 Å². The summed E-state index contributed by atoms with van der Waals surface area (Å²) in [5.41, 5.74) is 10.2.